The number of halogens is 1. The summed E-state index contributed by atoms with van der Waals surface area (Å²) < 4.78 is 5.89. The zero-order chi connectivity index (χ0) is 15.2. The van der Waals surface area contributed by atoms with Crippen LogP contribution in [0.4, 0.5) is 0 Å². The largest absolute Gasteiger partial charge is 0.387 e. The van der Waals surface area contributed by atoms with Gasteiger partial charge in [0.1, 0.15) is 0 Å². The highest BCUT2D eigenvalue weighted by Gasteiger charge is 2.22. The molecule has 0 spiro atoms. The predicted octanol–water partition coefficient (Wildman–Crippen LogP) is 3.51. The maximum absolute atomic E-state index is 10.3. The molecule has 1 unspecified atom stereocenters. The van der Waals surface area contributed by atoms with Crippen LogP contribution < -0.4 is 0 Å². The lowest BCUT2D eigenvalue weighted by atomic mass is 10.0. The summed E-state index contributed by atoms with van der Waals surface area (Å²) in [6.07, 6.45) is 1.94. The smallest absolute Gasteiger partial charge is 0.0931 e. The number of benzene rings is 1. The van der Waals surface area contributed by atoms with Crippen LogP contribution >= 0.6 is 11.6 Å². The van der Waals surface area contributed by atoms with Gasteiger partial charge in [0.05, 0.1) is 12.2 Å². The number of piperidine rings is 1. The van der Waals surface area contributed by atoms with E-state index in [1.54, 1.807) is 0 Å². The van der Waals surface area contributed by atoms with Crippen LogP contribution in [0.15, 0.2) is 24.3 Å². The second-order valence-corrected chi connectivity index (χ2v) is 6.67. The predicted molar refractivity (Wildman–Crippen MR) is 86.7 cm³/mol. The van der Waals surface area contributed by atoms with Crippen molar-refractivity contribution in [2.75, 3.05) is 26.2 Å². The van der Waals surface area contributed by atoms with Gasteiger partial charge in [-0.25, -0.2) is 0 Å². The second-order valence-electron chi connectivity index (χ2n) is 6.26. The minimum atomic E-state index is -0.521. The van der Waals surface area contributed by atoms with E-state index in [0.29, 0.717) is 23.6 Å². The standard InChI is InChI=1S/C17H26ClNO2/c1-13(2)12-21-14-7-9-19(10-8-14)11-17(20)15-5-3-4-6-16(15)18/h3-6,13-14,17,20H,7-12H2,1-2H3. The van der Waals surface area contributed by atoms with Crippen LogP contribution in [0, 0.1) is 5.92 Å². The van der Waals surface area contributed by atoms with Crippen LogP contribution in [0.1, 0.15) is 38.4 Å². The maximum atomic E-state index is 10.3. The molecule has 1 heterocycles. The minimum Gasteiger partial charge on any atom is -0.387 e. The number of nitrogens with zero attached hydrogens (tertiary/aromatic N) is 1. The molecule has 3 nitrogen and oxygen atoms in total. The molecule has 1 saturated heterocycles. The Morgan fingerprint density at radius 3 is 2.57 bits per heavy atom. The van der Waals surface area contributed by atoms with E-state index < -0.39 is 6.10 Å². The van der Waals surface area contributed by atoms with Gasteiger partial charge in [0.15, 0.2) is 0 Å². The van der Waals surface area contributed by atoms with Crippen LogP contribution in [0.5, 0.6) is 0 Å². The average Bonchev–Trinajstić information content (AvgIpc) is 2.47. The van der Waals surface area contributed by atoms with Crippen molar-refractivity contribution in [1.29, 1.82) is 0 Å². The molecule has 1 aromatic carbocycles. The molecular formula is C17H26ClNO2. The Morgan fingerprint density at radius 1 is 1.29 bits per heavy atom. The first kappa shape index (κ1) is 16.8. The summed E-state index contributed by atoms with van der Waals surface area (Å²) in [5, 5.41) is 11.0. The van der Waals surface area contributed by atoms with E-state index in [0.717, 1.165) is 38.1 Å². The first-order chi connectivity index (χ1) is 10.1. The van der Waals surface area contributed by atoms with Crippen molar-refractivity contribution in [2.24, 2.45) is 5.92 Å². The van der Waals surface area contributed by atoms with Gasteiger partial charge in [-0.1, -0.05) is 43.6 Å². The lowest BCUT2D eigenvalue weighted by Gasteiger charge is -2.33. The Kier molecular flexibility index (Phi) is 6.49. The summed E-state index contributed by atoms with van der Waals surface area (Å²) in [4.78, 5) is 2.29. The van der Waals surface area contributed by atoms with Crippen LogP contribution in [-0.4, -0.2) is 42.4 Å². The first-order valence-corrected chi connectivity index (χ1v) is 8.20. The van der Waals surface area contributed by atoms with Crippen molar-refractivity contribution in [2.45, 2.75) is 38.9 Å². The first-order valence-electron chi connectivity index (χ1n) is 7.82. The number of rotatable bonds is 6. The fourth-order valence-electron chi connectivity index (χ4n) is 2.68. The molecule has 1 fully saturated rings. The Bertz CT molecular complexity index is 431. The molecule has 1 aliphatic heterocycles. The highest BCUT2D eigenvalue weighted by atomic mass is 35.5. The van der Waals surface area contributed by atoms with Crippen molar-refractivity contribution in [1.82, 2.24) is 4.90 Å². The number of β-amino-alcohol motifs (C(OH)–C–C–N with tert-alkyl or cyclic N) is 1. The van der Waals surface area contributed by atoms with Gasteiger partial charge in [0, 0.05) is 36.8 Å². The summed E-state index contributed by atoms with van der Waals surface area (Å²) in [5.74, 6) is 0.588. The van der Waals surface area contributed by atoms with Crippen molar-refractivity contribution >= 4 is 11.6 Å². The number of hydrogen-bond acceptors (Lipinski definition) is 3. The molecule has 0 aromatic heterocycles. The molecule has 118 valence electrons. The summed E-state index contributed by atoms with van der Waals surface area (Å²) >= 11 is 6.13. The monoisotopic (exact) mass is 311 g/mol. The highest BCUT2D eigenvalue weighted by molar-refractivity contribution is 6.31. The van der Waals surface area contributed by atoms with Crippen molar-refractivity contribution < 1.29 is 9.84 Å². The number of aliphatic hydroxyl groups is 1. The molecule has 1 aliphatic rings. The molecule has 1 aromatic rings. The summed E-state index contributed by atoms with van der Waals surface area (Å²) in [5.41, 5.74) is 0.817. The van der Waals surface area contributed by atoms with Gasteiger partial charge in [-0.3, -0.25) is 0 Å². The highest BCUT2D eigenvalue weighted by Crippen LogP contribution is 2.24. The third-order valence-corrected chi connectivity index (χ3v) is 4.24. The Hall–Kier alpha value is -0.610. The van der Waals surface area contributed by atoms with E-state index in [-0.39, 0.29) is 0 Å². The Balaban J connectivity index is 1.77. The zero-order valence-corrected chi connectivity index (χ0v) is 13.7. The van der Waals surface area contributed by atoms with Crippen LogP contribution in [-0.2, 0) is 4.74 Å². The number of aliphatic hydroxyl groups excluding tert-OH is 1. The van der Waals surface area contributed by atoms with E-state index in [9.17, 15) is 5.11 Å². The normalized spacial score (nSPS) is 19.1. The zero-order valence-electron chi connectivity index (χ0n) is 13.0. The quantitative estimate of drug-likeness (QED) is 0.872. The van der Waals surface area contributed by atoms with Gasteiger partial charge < -0.3 is 14.7 Å². The van der Waals surface area contributed by atoms with E-state index in [2.05, 4.69) is 18.7 Å². The number of hydrogen-bond donors (Lipinski definition) is 1. The molecule has 1 N–H and O–H groups in total. The molecule has 1 atom stereocenters. The minimum absolute atomic E-state index is 0.376. The number of likely N-dealkylation sites (tertiary alicyclic amines) is 1. The molecule has 0 amide bonds. The van der Waals surface area contributed by atoms with Crippen LogP contribution in [0.2, 0.25) is 5.02 Å². The van der Waals surface area contributed by atoms with Gasteiger partial charge in [0.2, 0.25) is 0 Å². The summed E-state index contributed by atoms with van der Waals surface area (Å²) in [7, 11) is 0. The molecule has 0 bridgehead atoms. The molecule has 21 heavy (non-hydrogen) atoms. The van der Waals surface area contributed by atoms with Gasteiger partial charge in [-0.05, 0) is 24.8 Å². The Morgan fingerprint density at radius 2 is 1.95 bits per heavy atom. The van der Waals surface area contributed by atoms with Crippen LogP contribution in [0.25, 0.3) is 0 Å². The SMILES string of the molecule is CC(C)COC1CCN(CC(O)c2ccccc2Cl)CC1. The molecule has 0 radical (unpaired) electrons. The van der Waals surface area contributed by atoms with E-state index in [1.807, 2.05) is 24.3 Å². The molecule has 0 saturated carbocycles. The molecule has 0 aliphatic carbocycles. The maximum Gasteiger partial charge on any atom is 0.0931 e. The fourth-order valence-corrected chi connectivity index (χ4v) is 2.94. The van der Waals surface area contributed by atoms with Gasteiger partial charge in [-0.2, -0.15) is 0 Å². The van der Waals surface area contributed by atoms with Gasteiger partial charge in [0.25, 0.3) is 0 Å². The van der Waals surface area contributed by atoms with Gasteiger partial charge >= 0.3 is 0 Å². The molecule has 4 heteroatoms. The van der Waals surface area contributed by atoms with E-state index in [1.165, 1.54) is 0 Å². The fraction of sp³-hybridized carbons (Fsp3) is 0.647. The summed E-state index contributed by atoms with van der Waals surface area (Å²) in [6, 6.07) is 7.52. The van der Waals surface area contributed by atoms with E-state index >= 15 is 0 Å². The summed E-state index contributed by atoms with van der Waals surface area (Å²) in [6.45, 7) is 7.78. The third kappa shape index (κ3) is 5.26. The lowest BCUT2D eigenvalue weighted by molar-refractivity contribution is -0.0123. The third-order valence-electron chi connectivity index (χ3n) is 3.90. The molecular weight excluding hydrogens is 286 g/mol. The van der Waals surface area contributed by atoms with Crippen molar-refractivity contribution in [3.05, 3.63) is 34.9 Å². The topological polar surface area (TPSA) is 32.7 Å². The Labute approximate surface area is 132 Å². The van der Waals surface area contributed by atoms with Crippen LogP contribution in [0.3, 0.4) is 0 Å². The van der Waals surface area contributed by atoms with Gasteiger partial charge in [-0.15, -0.1) is 0 Å². The van der Waals surface area contributed by atoms with Crippen molar-refractivity contribution in [3.63, 3.8) is 0 Å². The second kappa shape index (κ2) is 8.14. The van der Waals surface area contributed by atoms with E-state index in [4.69, 9.17) is 16.3 Å². The average molecular weight is 312 g/mol. The lowest BCUT2D eigenvalue weighted by Crippen LogP contribution is -2.39. The number of ether oxygens (including phenoxy) is 1. The molecule has 2 rings (SSSR count). The van der Waals surface area contributed by atoms with Crippen molar-refractivity contribution in [3.8, 4) is 0 Å².